The average molecular weight is 475 g/mol. The summed E-state index contributed by atoms with van der Waals surface area (Å²) in [6, 6.07) is 23.5. The fourth-order valence-electron chi connectivity index (χ4n) is 3.59. The van der Waals surface area contributed by atoms with Gasteiger partial charge in [0, 0.05) is 12.2 Å². The Morgan fingerprint density at radius 2 is 1.61 bits per heavy atom. The number of halogens is 1. The van der Waals surface area contributed by atoms with Crippen LogP contribution in [0.15, 0.2) is 83.7 Å². The first kappa shape index (κ1) is 21.2. The normalized spacial score (nSPS) is 11.1. The summed E-state index contributed by atoms with van der Waals surface area (Å²) in [5, 5.41) is 3.30. The number of fused-ring (bicyclic) bond motifs is 1. The Kier molecular flexibility index (Phi) is 5.62. The number of thiazole rings is 1. The van der Waals surface area contributed by atoms with Crippen molar-refractivity contribution in [2.45, 2.75) is 13.5 Å². The van der Waals surface area contributed by atoms with E-state index in [9.17, 15) is 9.18 Å². The molecule has 0 aliphatic heterocycles. The molecule has 0 aliphatic carbocycles. The molecule has 0 aliphatic rings. The fourth-order valence-corrected chi connectivity index (χ4v) is 4.90. The molecule has 2 aromatic heterocycles. The van der Waals surface area contributed by atoms with E-state index in [1.165, 1.54) is 33.6 Å². The second-order valence-corrected chi connectivity index (χ2v) is 9.23. The highest BCUT2D eigenvalue weighted by molar-refractivity contribution is 7.73. The van der Waals surface area contributed by atoms with E-state index in [4.69, 9.17) is 17.2 Å². The maximum atomic E-state index is 13.6. The second-order valence-electron chi connectivity index (χ2n) is 7.58. The lowest BCUT2D eigenvalue weighted by Crippen LogP contribution is -2.23. The maximum Gasteiger partial charge on any atom is 0.279 e. The molecule has 2 heterocycles. The van der Waals surface area contributed by atoms with Crippen LogP contribution in [0.5, 0.6) is 0 Å². The molecule has 5 aromatic rings. The molecule has 0 saturated heterocycles. The van der Waals surface area contributed by atoms with Gasteiger partial charge < -0.3 is 5.32 Å². The molecule has 0 radical (unpaired) electrons. The first-order valence-corrected chi connectivity index (χ1v) is 11.5. The summed E-state index contributed by atoms with van der Waals surface area (Å²) in [6.07, 6.45) is 0. The number of aryl methyl sites for hydroxylation is 1. The minimum Gasteiger partial charge on any atom is -0.351 e. The van der Waals surface area contributed by atoms with E-state index in [0.717, 1.165) is 11.3 Å². The standard InChI is InChI=1S/C25H19FN4OS2/c1-16-7-9-17(10-8-16)15-27-24-28-22-21(23(31)30(24)20-13-11-18(26)12-14-20)33-25(32)29(22)19-5-3-2-4-6-19/h2-14H,15H2,1H3,(H,27,28). The van der Waals surface area contributed by atoms with Gasteiger partial charge in [0.2, 0.25) is 5.95 Å². The Bertz CT molecular complexity index is 1550. The van der Waals surface area contributed by atoms with Gasteiger partial charge in [0.25, 0.3) is 5.56 Å². The highest BCUT2D eigenvalue weighted by atomic mass is 32.1. The zero-order chi connectivity index (χ0) is 22.9. The van der Waals surface area contributed by atoms with Gasteiger partial charge in [0.05, 0.1) is 5.69 Å². The minimum absolute atomic E-state index is 0.260. The SMILES string of the molecule is Cc1ccc(CNc2nc3c(sc(=S)n3-c3ccccc3)c(=O)n2-c2ccc(F)cc2)cc1. The Labute approximate surface area is 198 Å². The van der Waals surface area contributed by atoms with E-state index >= 15 is 0 Å². The summed E-state index contributed by atoms with van der Waals surface area (Å²) in [7, 11) is 0. The van der Waals surface area contributed by atoms with Crippen LogP contribution in [0.1, 0.15) is 11.1 Å². The van der Waals surface area contributed by atoms with Crippen LogP contribution in [-0.4, -0.2) is 14.1 Å². The third kappa shape index (κ3) is 4.10. The van der Waals surface area contributed by atoms with Crippen LogP contribution in [0.4, 0.5) is 10.3 Å². The van der Waals surface area contributed by atoms with Gasteiger partial charge in [0.15, 0.2) is 9.60 Å². The van der Waals surface area contributed by atoms with E-state index in [2.05, 4.69) is 5.32 Å². The molecular weight excluding hydrogens is 455 g/mol. The van der Waals surface area contributed by atoms with Crippen molar-refractivity contribution < 1.29 is 4.39 Å². The average Bonchev–Trinajstić information content (AvgIpc) is 3.16. The molecule has 164 valence electrons. The number of para-hydroxylation sites is 1. The summed E-state index contributed by atoms with van der Waals surface area (Å²) in [6.45, 7) is 2.50. The van der Waals surface area contributed by atoms with Crippen LogP contribution in [0, 0.1) is 16.7 Å². The smallest absolute Gasteiger partial charge is 0.279 e. The van der Waals surface area contributed by atoms with Gasteiger partial charge in [-0.15, -0.1) is 0 Å². The van der Waals surface area contributed by atoms with Crippen molar-refractivity contribution in [3.05, 3.63) is 110 Å². The quantitative estimate of drug-likeness (QED) is 0.316. The predicted octanol–water partition coefficient (Wildman–Crippen LogP) is 6.03. The number of hydrogen-bond acceptors (Lipinski definition) is 5. The molecular formula is C25H19FN4OS2. The van der Waals surface area contributed by atoms with E-state index in [0.29, 0.717) is 32.5 Å². The van der Waals surface area contributed by atoms with Crippen LogP contribution >= 0.6 is 23.6 Å². The molecule has 0 unspecified atom stereocenters. The Morgan fingerprint density at radius 1 is 0.939 bits per heavy atom. The topological polar surface area (TPSA) is 51.9 Å². The molecule has 0 spiro atoms. The number of benzene rings is 3. The highest BCUT2D eigenvalue weighted by Gasteiger charge is 2.18. The highest BCUT2D eigenvalue weighted by Crippen LogP contribution is 2.26. The van der Waals surface area contributed by atoms with Gasteiger partial charge in [-0.05, 0) is 61.1 Å². The lowest BCUT2D eigenvalue weighted by atomic mass is 10.1. The molecule has 0 bridgehead atoms. The largest absolute Gasteiger partial charge is 0.351 e. The van der Waals surface area contributed by atoms with Crippen LogP contribution in [0.25, 0.3) is 21.7 Å². The monoisotopic (exact) mass is 474 g/mol. The molecule has 33 heavy (non-hydrogen) atoms. The zero-order valence-corrected chi connectivity index (χ0v) is 19.3. The van der Waals surface area contributed by atoms with Crippen molar-refractivity contribution in [3.8, 4) is 11.4 Å². The van der Waals surface area contributed by atoms with Gasteiger partial charge >= 0.3 is 0 Å². The van der Waals surface area contributed by atoms with Crippen LogP contribution in [0.3, 0.4) is 0 Å². The number of anilines is 1. The van der Waals surface area contributed by atoms with Crippen molar-refractivity contribution in [1.29, 1.82) is 0 Å². The molecule has 5 nitrogen and oxygen atoms in total. The number of hydrogen-bond donors (Lipinski definition) is 1. The minimum atomic E-state index is -0.374. The molecule has 8 heteroatoms. The number of aromatic nitrogens is 3. The van der Waals surface area contributed by atoms with Crippen molar-refractivity contribution in [1.82, 2.24) is 14.1 Å². The van der Waals surface area contributed by atoms with E-state index in [1.54, 1.807) is 12.1 Å². The first-order valence-electron chi connectivity index (χ1n) is 10.3. The Hall–Kier alpha value is -3.62. The molecule has 0 saturated carbocycles. The zero-order valence-electron chi connectivity index (χ0n) is 17.7. The summed E-state index contributed by atoms with van der Waals surface area (Å²) < 4.78 is 17.8. The van der Waals surface area contributed by atoms with Crippen molar-refractivity contribution in [3.63, 3.8) is 0 Å². The van der Waals surface area contributed by atoms with Gasteiger partial charge in [-0.2, -0.15) is 4.98 Å². The summed E-state index contributed by atoms with van der Waals surface area (Å²) >= 11 is 6.81. The van der Waals surface area contributed by atoms with Crippen molar-refractivity contribution in [2.24, 2.45) is 0 Å². The van der Waals surface area contributed by atoms with E-state index in [-0.39, 0.29) is 11.4 Å². The van der Waals surface area contributed by atoms with Crippen LogP contribution in [-0.2, 0) is 6.54 Å². The predicted molar refractivity (Wildman–Crippen MR) is 134 cm³/mol. The summed E-state index contributed by atoms with van der Waals surface area (Å²) in [4.78, 5) is 18.5. The molecule has 5 rings (SSSR count). The fraction of sp³-hybridized carbons (Fsp3) is 0.0800. The number of nitrogens with one attached hydrogen (secondary N) is 1. The Morgan fingerprint density at radius 3 is 2.30 bits per heavy atom. The van der Waals surface area contributed by atoms with Gasteiger partial charge in [-0.1, -0.05) is 59.4 Å². The van der Waals surface area contributed by atoms with Gasteiger partial charge in [-0.25, -0.2) is 8.96 Å². The lowest BCUT2D eigenvalue weighted by Gasteiger charge is -2.15. The van der Waals surface area contributed by atoms with E-state index < -0.39 is 0 Å². The number of nitrogens with zero attached hydrogens (tertiary/aromatic N) is 3. The third-order valence-corrected chi connectivity index (χ3v) is 6.63. The van der Waals surface area contributed by atoms with Crippen molar-refractivity contribution in [2.75, 3.05) is 5.32 Å². The molecule has 0 amide bonds. The summed E-state index contributed by atoms with van der Waals surface area (Å²) in [5.41, 5.74) is 3.81. The van der Waals surface area contributed by atoms with Crippen molar-refractivity contribution >= 4 is 39.9 Å². The molecule has 0 atom stereocenters. The maximum absolute atomic E-state index is 13.6. The van der Waals surface area contributed by atoms with E-state index in [1.807, 2.05) is 66.1 Å². The third-order valence-electron chi connectivity index (χ3n) is 5.28. The molecule has 1 N–H and O–H groups in total. The molecule has 3 aromatic carbocycles. The second kappa shape index (κ2) is 8.73. The Balaban J connectivity index is 1.71. The lowest BCUT2D eigenvalue weighted by molar-refractivity contribution is 0.627. The summed E-state index contributed by atoms with van der Waals surface area (Å²) in [5.74, 6) is -0.0157. The van der Waals surface area contributed by atoms with Gasteiger partial charge in [-0.3, -0.25) is 9.36 Å². The first-order chi connectivity index (χ1) is 16.0. The van der Waals surface area contributed by atoms with Crippen LogP contribution in [0.2, 0.25) is 0 Å². The van der Waals surface area contributed by atoms with Gasteiger partial charge in [0.1, 0.15) is 10.5 Å². The van der Waals surface area contributed by atoms with Crippen LogP contribution < -0.4 is 10.9 Å². The molecule has 0 fully saturated rings. The number of rotatable bonds is 5.